The monoisotopic (exact) mass is 239 g/mol. The molecule has 2 rings (SSSR count). The second-order valence-electron chi connectivity index (χ2n) is 4.52. The summed E-state index contributed by atoms with van der Waals surface area (Å²) < 4.78 is 7.19. The molecule has 1 aromatic heterocycles. The van der Waals surface area contributed by atoms with E-state index in [1.807, 2.05) is 24.0 Å². The van der Waals surface area contributed by atoms with Crippen molar-refractivity contribution < 1.29 is 9.84 Å². The summed E-state index contributed by atoms with van der Waals surface area (Å²) >= 11 is 0. The average Bonchev–Trinajstić information content (AvgIpc) is 2.75. The number of rotatable bonds is 5. The van der Waals surface area contributed by atoms with E-state index in [-0.39, 0.29) is 6.61 Å². The van der Waals surface area contributed by atoms with E-state index in [1.54, 1.807) is 0 Å². The molecule has 1 aromatic rings. The van der Waals surface area contributed by atoms with Crippen LogP contribution in [0.15, 0.2) is 12.3 Å². The van der Waals surface area contributed by atoms with Crippen LogP contribution in [-0.4, -0.2) is 52.2 Å². The van der Waals surface area contributed by atoms with Gasteiger partial charge in [0.1, 0.15) is 0 Å². The van der Waals surface area contributed by atoms with E-state index in [0.29, 0.717) is 12.6 Å². The molecule has 96 valence electrons. The molecule has 2 heterocycles. The first kappa shape index (κ1) is 12.5. The summed E-state index contributed by atoms with van der Waals surface area (Å²) in [7, 11) is 1.92. The van der Waals surface area contributed by atoms with Crippen molar-refractivity contribution in [3.63, 3.8) is 0 Å². The van der Waals surface area contributed by atoms with Gasteiger partial charge in [-0.3, -0.25) is 9.58 Å². The Kier molecular flexibility index (Phi) is 4.53. The van der Waals surface area contributed by atoms with Gasteiger partial charge in [-0.05, 0) is 18.9 Å². The fraction of sp³-hybridized carbons (Fsp3) is 0.750. The Hall–Kier alpha value is -0.910. The first-order valence-electron chi connectivity index (χ1n) is 6.21. The Morgan fingerprint density at radius 2 is 2.29 bits per heavy atom. The van der Waals surface area contributed by atoms with Gasteiger partial charge in [-0.2, -0.15) is 5.10 Å². The standard InChI is InChI=1S/C12H21N3O2/c1-14-5-2-11(13-14)10-15(6-7-16)12-3-8-17-9-4-12/h2,5,12,16H,3-4,6-10H2,1H3. The number of aliphatic hydroxyl groups excluding tert-OH is 1. The number of ether oxygens (including phenoxy) is 1. The van der Waals surface area contributed by atoms with Gasteiger partial charge in [0.2, 0.25) is 0 Å². The molecule has 0 spiro atoms. The van der Waals surface area contributed by atoms with Gasteiger partial charge in [-0.1, -0.05) is 0 Å². The van der Waals surface area contributed by atoms with Crippen molar-refractivity contribution in [2.24, 2.45) is 7.05 Å². The number of aliphatic hydroxyl groups is 1. The third-order valence-corrected chi connectivity index (χ3v) is 3.23. The third kappa shape index (κ3) is 3.52. The second kappa shape index (κ2) is 6.14. The van der Waals surface area contributed by atoms with E-state index in [2.05, 4.69) is 10.00 Å². The Bertz CT molecular complexity index is 334. The minimum absolute atomic E-state index is 0.199. The number of aryl methyl sites for hydroxylation is 1. The molecule has 1 saturated heterocycles. The van der Waals surface area contributed by atoms with Crippen molar-refractivity contribution in [3.8, 4) is 0 Å². The van der Waals surface area contributed by atoms with Crippen LogP contribution in [0.5, 0.6) is 0 Å². The van der Waals surface area contributed by atoms with E-state index >= 15 is 0 Å². The zero-order valence-corrected chi connectivity index (χ0v) is 10.4. The van der Waals surface area contributed by atoms with E-state index in [1.165, 1.54) is 0 Å². The highest BCUT2D eigenvalue weighted by atomic mass is 16.5. The van der Waals surface area contributed by atoms with Crippen LogP contribution in [0.3, 0.4) is 0 Å². The summed E-state index contributed by atoms with van der Waals surface area (Å²) in [6, 6.07) is 2.54. The summed E-state index contributed by atoms with van der Waals surface area (Å²) in [5, 5.41) is 13.5. The van der Waals surface area contributed by atoms with Gasteiger partial charge in [0.25, 0.3) is 0 Å². The SMILES string of the molecule is Cn1ccc(CN(CCO)C2CCOCC2)n1. The van der Waals surface area contributed by atoms with Crippen LogP contribution in [-0.2, 0) is 18.3 Å². The van der Waals surface area contributed by atoms with Crippen molar-refractivity contribution >= 4 is 0 Å². The first-order chi connectivity index (χ1) is 8.29. The quantitative estimate of drug-likeness (QED) is 0.808. The molecule has 1 fully saturated rings. The maximum atomic E-state index is 9.15. The minimum Gasteiger partial charge on any atom is -0.395 e. The number of hydrogen-bond donors (Lipinski definition) is 1. The highest BCUT2D eigenvalue weighted by molar-refractivity contribution is 4.99. The molecule has 0 aliphatic carbocycles. The van der Waals surface area contributed by atoms with Crippen LogP contribution in [0.4, 0.5) is 0 Å². The first-order valence-corrected chi connectivity index (χ1v) is 6.21. The lowest BCUT2D eigenvalue weighted by Crippen LogP contribution is -2.40. The van der Waals surface area contributed by atoms with Gasteiger partial charge in [-0.15, -0.1) is 0 Å². The zero-order chi connectivity index (χ0) is 12.1. The van der Waals surface area contributed by atoms with Gasteiger partial charge in [-0.25, -0.2) is 0 Å². The lowest BCUT2D eigenvalue weighted by atomic mass is 10.1. The molecule has 0 atom stereocenters. The summed E-state index contributed by atoms with van der Waals surface area (Å²) in [5.41, 5.74) is 1.06. The molecular formula is C12H21N3O2. The van der Waals surface area contributed by atoms with E-state index in [0.717, 1.165) is 38.3 Å². The van der Waals surface area contributed by atoms with Crippen molar-refractivity contribution in [2.45, 2.75) is 25.4 Å². The van der Waals surface area contributed by atoms with E-state index in [4.69, 9.17) is 9.84 Å². The molecule has 0 amide bonds. The van der Waals surface area contributed by atoms with Gasteiger partial charge in [0.05, 0.1) is 12.3 Å². The molecule has 17 heavy (non-hydrogen) atoms. The van der Waals surface area contributed by atoms with Crippen LogP contribution in [0.25, 0.3) is 0 Å². The molecule has 1 aliphatic heterocycles. The summed E-state index contributed by atoms with van der Waals surface area (Å²) in [4.78, 5) is 2.31. The molecule has 5 nitrogen and oxygen atoms in total. The van der Waals surface area contributed by atoms with Gasteiger partial charge in [0.15, 0.2) is 0 Å². The summed E-state index contributed by atoms with van der Waals surface area (Å²) in [6.07, 6.45) is 4.05. The predicted molar refractivity (Wildman–Crippen MR) is 64.5 cm³/mol. The second-order valence-corrected chi connectivity index (χ2v) is 4.52. The van der Waals surface area contributed by atoms with Crippen LogP contribution in [0, 0.1) is 0 Å². The maximum absolute atomic E-state index is 9.15. The van der Waals surface area contributed by atoms with Crippen LogP contribution in [0.2, 0.25) is 0 Å². The fourth-order valence-electron chi connectivity index (χ4n) is 2.33. The normalized spacial score (nSPS) is 17.8. The third-order valence-electron chi connectivity index (χ3n) is 3.23. The van der Waals surface area contributed by atoms with Crippen LogP contribution >= 0.6 is 0 Å². The highest BCUT2D eigenvalue weighted by Crippen LogP contribution is 2.16. The minimum atomic E-state index is 0.199. The lowest BCUT2D eigenvalue weighted by molar-refractivity contribution is 0.0243. The lowest BCUT2D eigenvalue weighted by Gasteiger charge is -2.33. The van der Waals surface area contributed by atoms with Gasteiger partial charge in [0, 0.05) is 45.6 Å². The highest BCUT2D eigenvalue weighted by Gasteiger charge is 2.21. The Labute approximate surface area is 102 Å². The van der Waals surface area contributed by atoms with E-state index in [9.17, 15) is 0 Å². The van der Waals surface area contributed by atoms with Crippen LogP contribution < -0.4 is 0 Å². The van der Waals surface area contributed by atoms with Gasteiger partial charge < -0.3 is 9.84 Å². The van der Waals surface area contributed by atoms with Crippen molar-refractivity contribution in [1.29, 1.82) is 0 Å². The molecule has 0 bridgehead atoms. The van der Waals surface area contributed by atoms with E-state index < -0.39 is 0 Å². The topological polar surface area (TPSA) is 50.5 Å². The smallest absolute Gasteiger partial charge is 0.0764 e. The Morgan fingerprint density at radius 3 is 2.88 bits per heavy atom. The van der Waals surface area contributed by atoms with Crippen molar-refractivity contribution in [2.75, 3.05) is 26.4 Å². The molecule has 0 aromatic carbocycles. The average molecular weight is 239 g/mol. The largest absolute Gasteiger partial charge is 0.395 e. The number of nitrogens with zero attached hydrogens (tertiary/aromatic N) is 3. The summed E-state index contributed by atoms with van der Waals surface area (Å²) in [5.74, 6) is 0. The molecule has 1 N–H and O–H groups in total. The molecular weight excluding hydrogens is 218 g/mol. The van der Waals surface area contributed by atoms with Crippen molar-refractivity contribution in [1.82, 2.24) is 14.7 Å². The number of aromatic nitrogens is 2. The molecule has 0 unspecified atom stereocenters. The molecule has 0 saturated carbocycles. The Balaban J connectivity index is 1.95. The fourth-order valence-corrected chi connectivity index (χ4v) is 2.33. The number of hydrogen-bond acceptors (Lipinski definition) is 4. The maximum Gasteiger partial charge on any atom is 0.0764 e. The molecule has 0 radical (unpaired) electrons. The van der Waals surface area contributed by atoms with Crippen LogP contribution in [0.1, 0.15) is 18.5 Å². The molecule has 5 heteroatoms. The predicted octanol–water partition coefficient (Wildman–Crippen LogP) is 0.393. The summed E-state index contributed by atoms with van der Waals surface area (Å²) in [6.45, 7) is 3.38. The van der Waals surface area contributed by atoms with Gasteiger partial charge >= 0.3 is 0 Å². The Morgan fingerprint density at radius 1 is 1.53 bits per heavy atom. The van der Waals surface area contributed by atoms with Crippen molar-refractivity contribution in [3.05, 3.63) is 18.0 Å². The zero-order valence-electron chi connectivity index (χ0n) is 10.4. The molecule has 1 aliphatic rings.